The summed E-state index contributed by atoms with van der Waals surface area (Å²) in [7, 11) is 0. The van der Waals surface area contributed by atoms with E-state index >= 15 is 0 Å². The molecule has 7 nitrogen and oxygen atoms in total. The molecule has 1 saturated heterocycles. The highest BCUT2D eigenvalue weighted by atomic mass is 15.1. The van der Waals surface area contributed by atoms with Crippen LogP contribution < -0.4 is 5.32 Å². The summed E-state index contributed by atoms with van der Waals surface area (Å²) in [6.45, 7) is 2.93. The van der Waals surface area contributed by atoms with Gasteiger partial charge in [-0.3, -0.25) is 5.10 Å². The number of likely N-dealkylation sites (tertiary alicyclic amines) is 1. The Balaban J connectivity index is 1.56. The fourth-order valence-corrected chi connectivity index (χ4v) is 3.49. The highest BCUT2D eigenvalue weighted by Crippen LogP contribution is 2.34. The number of pyridine rings is 1. The third-order valence-electron chi connectivity index (χ3n) is 4.87. The largest absolute Gasteiger partial charge is 0.381 e. The van der Waals surface area contributed by atoms with Gasteiger partial charge in [-0.15, -0.1) is 0 Å². The molecule has 128 valence electrons. The Labute approximate surface area is 146 Å². The zero-order chi connectivity index (χ0) is 17.1. The lowest BCUT2D eigenvalue weighted by molar-refractivity contribution is 0.223. The number of nitriles is 1. The number of rotatable bonds is 5. The second-order valence-corrected chi connectivity index (χ2v) is 6.44. The summed E-state index contributed by atoms with van der Waals surface area (Å²) in [5, 5.41) is 20.5. The van der Waals surface area contributed by atoms with Gasteiger partial charge in [0.25, 0.3) is 0 Å². The third-order valence-corrected chi connectivity index (χ3v) is 4.87. The lowest BCUT2D eigenvalue weighted by Crippen LogP contribution is -2.39. The number of nitrogens with one attached hydrogen (secondary N) is 3. The van der Waals surface area contributed by atoms with Crippen LogP contribution in [-0.4, -0.2) is 50.7 Å². The van der Waals surface area contributed by atoms with E-state index in [1.54, 1.807) is 0 Å². The van der Waals surface area contributed by atoms with Crippen molar-refractivity contribution in [3.05, 3.63) is 30.9 Å². The predicted octanol–water partition coefficient (Wildman–Crippen LogP) is 2.74. The van der Waals surface area contributed by atoms with Crippen LogP contribution in [0.2, 0.25) is 0 Å². The Hall–Kier alpha value is -2.85. The Morgan fingerprint density at radius 2 is 2.20 bits per heavy atom. The highest BCUT2D eigenvalue weighted by molar-refractivity contribution is 5.98. The van der Waals surface area contributed by atoms with Crippen molar-refractivity contribution in [3.8, 4) is 17.2 Å². The third kappa shape index (κ3) is 3.21. The summed E-state index contributed by atoms with van der Waals surface area (Å²) in [6, 6.07) is 4.72. The molecule has 1 fully saturated rings. The first-order chi connectivity index (χ1) is 12.3. The van der Waals surface area contributed by atoms with Gasteiger partial charge in [0.15, 0.2) is 0 Å². The SMILES string of the molecule is N#CCCN1CCC(Nc2c(-c3cn[nH]c3)cnc3[nH]ccc23)CC1. The van der Waals surface area contributed by atoms with E-state index in [0.717, 1.165) is 60.3 Å². The van der Waals surface area contributed by atoms with Crippen LogP contribution in [0.15, 0.2) is 30.9 Å². The monoisotopic (exact) mass is 335 g/mol. The van der Waals surface area contributed by atoms with Gasteiger partial charge < -0.3 is 15.2 Å². The van der Waals surface area contributed by atoms with Gasteiger partial charge in [0.1, 0.15) is 5.65 Å². The normalized spacial score (nSPS) is 16.1. The van der Waals surface area contributed by atoms with Crippen LogP contribution in [0.3, 0.4) is 0 Å². The second kappa shape index (κ2) is 6.95. The fraction of sp³-hybridized carbons (Fsp3) is 0.389. The molecule has 0 aliphatic carbocycles. The molecule has 0 bridgehead atoms. The summed E-state index contributed by atoms with van der Waals surface area (Å²) < 4.78 is 0. The molecule has 0 spiro atoms. The van der Waals surface area contributed by atoms with Crippen molar-refractivity contribution in [1.29, 1.82) is 5.26 Å². The van der Waals surface area contributed by atoms with E-state index in [1.165, 1.54) is 0 Å². The van der Waals surface area contributed by atoms with Gasteiger partial charge in [0, 0.05) is 67.2 Å². The van der Waals surface area contributed by atoms with Gasteiger partial charge in [0.05, 0.1) is 18.0 Å². The summed E-state index contributed by atoms with van der Waals surface area (Å²) >= 11 is 0. The Kier molecular flexibility index (Phi) is 4.36. The Bertz CT molecular complexity index is 867. The number of fused-ring (bicyclic) bond motifs is 1. The summed E-state index contributed by atoms with van der Waals surface area (Å²) in [4.78, 5) is 10.1. The molecule has 7 heteroatoms. The van der Waals surface area contributed by atoms with E-state index in [0.29, 0.717) is 12.5 Å². The number of aromatic nitrogens is 4. The van der Waals surface area contributed by atoms with Crippen molar-refractivity contribution in [1.82, 2.24) is 25.1 Å². The molecule has 3 aromatic rings. The molecule has 3 aromatic heterocycles. The van der Waals surface area contributed by atoms with Crippen LogP contribution >= 0.6 is 0 Å². The number of hydrogen-bond donors (Lipinski definition) is 3. The minimum absolute atomic E-state index is 0.421. The van der Waals surface area contributed by atoms with Gasteiger partial charge in [-0.05, 0) is 18.9 Å². The number of nitrogens with zero attached hydrogens (tertiary/aromatic N) is 4. The van der Waals surface area contributed by atoms with Crippen LogP contribution in [0, 0.1) is 11.3 Å². The quantitative estimate of drug-likeness (QED) is 0.666. The number of anilines is 1. The zero-order valence-corrected chi connectivity index (χ0v) is 14.0. The van der Waals surface area contributed by atoms with Crippen molar-refractivity contribution >= 4 is 16.7 Å². The lowest BCUT2D eigenvalue weighted by Gasteiger charge is -2.32. The molecule has 0 unspecified atom stereocenters. The van der Waals surface area contributed by atoms with Gasteiger partial charge in [-0.1, -0.05) is 0 Å². The van der Waals surface area contributed by atoms with Crippen molar-refractivity contribution in [3.63, 3.8) is 0 Å². The number of aromatic amines is 2. The number of H-pyrrole nitrogens is 2. The van der Waals surface area contributed by atoms with E-state index in [4.69, 9.17) is 5.26 Å². The van der Waals surface area contributed by atoms with E-state index in [1.807, 2.05) is 24.8 Å². The molecule has 25 heavy (non-hydrogen) atoms. The minimum Gasteiger partial charge on any atom is -0.381 e. The molecular weight excluding hydrogens is 314 g/mol. The van der Waals surface area contributed by atoms with Crippen molar-refractivity contribution in [2.24, 2.45) is 0 Å². The molecule has 0 atom stereocenters. The molecule has 0 aromatic carbocycles. The van der Waals surface area contributed by atoms with E-state index < -0.39 is 0 Å². The molecule has 0 saturated carbocycles. The van der Waals surface area contributed by atoms with E-state index in [2.05, 4.69) is 42.5 Å². The van der Waals surface area contributed by atoms with Crippen LogP contribution in [0.4, 0.5) is 5.69 Å². The minimum atomic E-state index is 0.421. The van der Waals surface area contributed by atoms with Gasteiger partial charge in [-0.2, -0.15) is 10.4 Å². The van der Waals surface area contributed by atoms with Gasteiger partial charge in [-0.25, -0.2) is 4.98 Å². The van der Waals surface area contributed by atoms with E-state index in [9.17, 15) is 0 Å². The van der Waals surface area contributed by atoms with Crippen molar-refractivity contribution in [2.45, 2.75) is 25.3 Å². The average Bonchev–Trinajstić information content (AvgIpc) is 3.33. The molecule has 1 aliphatic heterocycles. The maximum absolute atomic E-state index is 8.74. The fourth-order valence-electron chi connectivity index (χ4n) is 3.49. The number of hydrogen-bond acceptors (Lipinski definition) is 5. The van der Waals surface area contributed by atoms with Crippen LogP contribution in [0.5, 0.6) is 0 Å². The molecular formula is C18H21N7. The van der Waals surface area contributed by atoms with E-state index in [-0.39, 0.29) is 0 Å². The number of piperidine rings is 1. The first kappa shape index (κ1) is 15.7. The second-order valence-electron chi connectivity index (χ2n) is 6.44. The first-order valence-electron chi connectivity index (χ1n) is 8.66. The molecule has 0 radical (unpaired) electrons. The molecule has 0 amide bonds. The summed E-state index contributed by atoms with van der Waals surface area (Å²) in [5.74, 6) is 0. The molecule has 3 N–H and O–H groups in total. The lowest BCUT2D eigenvalue weighted by atomic mass is 10.0. The van der Waals surface area contributed by atoms with Gasteiger partial charge >= 0.3 is 0 Å². The average molecular weight is 335 g/mol. The zero-order valence-electron chi connectivity index (χ0n) is 14.0. The topological polar surface area (TPSA) is 96.4 Å². The summed E-state index contributed by atoms with van der Waals surface area (Å²) in [6.07, 6.45) is 10.3. The Morgan fingerprint density at radius 1 is 1.32 bits per heavy atom. The summed E-state index contributed by atoms with van der Waals surface area (Å²) in [5.41, 5.74) is 4.10. The Morgan fingerprint density at radius 3 is 2.96 bits per heavy atom. The van der Waals surface area contributed by atoms with Crippen LogP contribution in [0.25, 0.3) is 22.2 Å². The van der Waals surface area contributed by atoms with Crippen molar-refractivity contribution < 1.29 is 0 Å². The standard InChI is InChI=1S/C18H21N7/c19-5-1-7-25-8-3-14(4-9-25)24-17-15-2-6-20-18(15)21-12-16(17)13-10-22-23-11-13/h2,6,10-12,14H,1,3-4,7-9H2,(H,22,23)(H2,20,21,24). The maximum atomic E-state index is 8.74. The maximum Gasteiger partial charge on any atom is 0.139 e. The van der Waals surface area contributed by atoms with Gasteiger partial charge in [0.2, 0.25) is 0 Å². The first-order valence-corrected chi connectivity index (χ1v) is 8.66. The highest BCUT2D eigenvalue weighted by Gasteiger charge is 2.21. The predicted molar refractivity (Wildman–Crippen MR) is 97.0 cm³/mol. The smallest absolute Gasteiger partial charge is 0.139 e. The van der Waals surface area contributed by atoms with Crippen LogP contribution in [-0.2, 0) is 0 Å². The van der Waals surface area contributed by atoms with Crippen LogP contribution in [0.1, 0.15) is 19.3 Å². The van der Waals surface area contributed by atoms with Crippen molar-refractivity contribution in [2.75, 3.05) is 25.0 Å². The molecule has 1 aliphatic rings. The molecule has 4 heterocycles. The molecule has 4 rings (SSSR count).